The quantitative estimate of drug-likeness (QED) is 0.701. The van der Waals surface area contributed by atoms with Crippen LogP contribution in [0, 0.1) is 5.41 Å². The summed E-state index contributed by atoms with van der Waals surface area (Å²) < 4.78 is 0. The van der Waals surface area contributed by atoms with Crippen molar-refractivity contribution in [2.24, 2.45) is 11.1 Å². The predicted octanol–water partition coefficient (Wildman–Crippen LogP) is 1.87. The first-order valence-corrected chi connectivity index (χ1v) is 4.80. The zero-order valence-electron chi connectivity index (χ0n) is 8.10. The van der Waals surface area contributed by atoms with Gasteiger partial charge >= 0.3 is 0 Å². The number of nitrogens with two attached hydrogens (primary N) is 1. The van der Waals surface area contributed by atoms with Crippen molar-refractivity contribution >= 4 is 5.78 Å². The third-order valence-electron chi connectivity index (χ3n) is 3.05. The Labute approximate surface area is 74.5 Å². The second-order valence-corrected chi connectivity index (χ2v) is 4.44. The van der Waals surface area contributed by atoms with Gasteiger partial charge in [0.25, 0.3) is 0 Å². The molecule has 0 amide bonds. The van der Waals surface area contributed by atoms with E-state index in [1.807, 2.05) is 0 Å². The Kier molecular flexibility index (Phi) is 2.89. The molecule has 0 spiro atoms. The monoisotopic (exact) mass is 169 g/mol. The number of hydrogen-bond acceptors (Lipinski definition) is 2. The molecule has 0 radical (unpaired) electrons. The molecule has 1 fully saturated rings. The van der Waals surface area contributed by atoms with Crippen molar-refractivity contribution in [3.8, 4) is 0 Å². The van der Waals surface area contributed by atoms with E-state index in [4.69, 9.17) is 5.73 Å². The topological polar surface area (TPSA) is 43.1 Å². The third kappa shape index (κ3) is 2.31. The van der Waals surface area contributed by atoms with E-state index in [0.29, 0.717) is 5.41 Å². The molecule has 0 aromatic heterocycles. The third-order valence-corrected chi connectivity index (χ3v) is 3.05. The fourth-order valence-electron chi connectivity index (χ4n) is 2.11. The predicted molar refractivity (Wildman–Crippen MR) is 49.8 cm³/mol. The molecule has 0 heterocycles. The van der Waals surface area contributed by atoms with E-state index in [0.717, 1.165) is 6.42 Å². The van der Waals surface area contributed by atoms with Crippen LogP contribution >= 0.6 is 0 Å². The Bertz CT molecular complexity index is 171. The van der Waals surface area contributed by atoms with Crippen LogP contribution in [0.4, 0.5) is 0 Å². The lowest BCUT2D eigenvalue weighted by molar-refractivity contribution is -0.118. The van der Waals surface area contributed by atoms with Crippen LogP contribution in [-0.4, -0.2) is 11.8 Å². The van der Waals surface area contributed by atoms with Gasteiger partial charge in [0, 0.05) is 0 Å². The van der Waals surface area contributed by atoms with Gasteiger partial charge in [-0.3, -0.25) is 4.79 Å². The number of Topliss-reactive ketones (excluding diaryl/α,β-unsaturated/α-hetero) is 1. The van der Waals surface area contributed by atoms with Crippen LogP contribution in [0.3, 0.4) is 0 Å². The standard InChI is InChI=1S/C10H19NO/c1-8(12)9(11)7-10(2)5-3-4-6-10/h9H,3-7,11H2,1-2H3/t9-/m0/s1. The van der Waals surface area contributed by atoms with Crippen LogP contribution in [-0.2, 0) is 4.79 Å². The smallest absolute Gasteiger partial charge is 0.146 e. The second kappa shape index (κ2) is 3.56. The van der Waals surface area contributed by atoms with Gasteiger partial charge < -0.3 is 5.73 Å². The summed E-state index contributed by atoms with van der Waals surface area (Å²) in [6.45, 7) is 3.84. The van der Waals surface area contributed by atoms with Crippen molar-refractivity contribution in [2.45, 2.75) is 52.0 Å². The van der Waals surface area contributed by atoms with Crippen LogP contribution in [0.2, 0.25) is 0 Å². The summed E-state index contributed by atoms with van der Waals surface area (Å²) in [5.74, 6) is 0.128. The molecule has 1 aliphatic rings. The van der Waals surface area contributed by atoms with Gasteiger partial charge in [0.05, 0.1) is 6.04 Å². The van der Waals surface area contributed by atoms with Crippen LogP contribution in [0.15, 0.2) is 0 Å². The maximum Gasteiger partial charge on any atom is 0.146 e. The Morgan fingerprint density at radius 3 is 2.42 bits per heavy atom. The van der Waals surface area contributed by atoms with Gasteiger partial charge in [0.15, 0.2) is 0 Å². The Morgan fingerprint density at radius 2 is 2.00 bits per heavy atom. The largest absolute Gasteiger partial charge is 0.322 e. The van der Waals surface area contributed by atoms with Crippen molar-refractivity contribution in [1.29, 1.82) is 0 Å². The molecule has 0 saturated heterocycles. The fraction of sp³-hybridized carbons (Fsp3) is 0.900. The summed E-state index contributed by atoms with van der Waals surface area (Å²) >= 11 is 0. The molecular weight excluding hydrogens is 150 g/mol. The Hall–Kier alpha value is -0.370. The van der Waals surface area contributed by atoms with Gasteiger partial charge in [0.1, 0.15) is 5.78 Å². The minimum absolute atomic E-state index is 0.128. The lowest BCUT2D eigenvalue weighted by atomic mass is 9.81. The first-order chi connectivity index (χ1) is 5.53. The molecule has 1 rings (SSSR count). The molecule has 1 aliphatic carbocycles. The molecule has 1 saturated carbocycles. The maximum absolute atomic E-state index is 10.9. The van der Waals surface area contributed by atoms with E-state index in [1.165, 1.54) is 25.7 Å². The molecule has 2 N–H and O–H groups in total. The Morgan fingerprint density at radius 1 is 1.50 bits per heavy atom. The molecular formula is C10H19NO. The summed E-state index contributed by atoms with van der Waals surface area (Å²) in [4.78, 5) is 10.9. The highest BCUT2D eigenvalue weighted by atomic mass is 16.1. The maximum atomic E-state index is 10.9. The van der Waals surface area contributed by atoms with Gasteiger partial charge in [-0.1, -0.05) is 19.8 Å². The van der Waals surface area contributed by atoms with Gasteiger partial charge in [0.2, 0.25) is 0 Å². The average Bonchev–Trinajstić information content (AvgIpc) is 2.35. The highest BCUT2D eigenvalue weighted by molar-refractivity contribution is 5.81. The van der Waals surface area contributed by atoms with Gasteiger partial charge in [-0.25, -0.2) is 0 Å². The number of hydrogen-bond donors (Lipinski definition) is 1. The minimum Gasteiger partial charge on any atom is -0.322 e. The molecule has 0 aliphatic heterocycles. The molecule has 12 heavy (non-hydrogen) atoms. The summed E-state index contributed by atoms with van der Waals surface area (Å²) in [6, 6.07) is -0.229. The summed E-state index contributed by atoms with van der Waals surface area (Å²) in [6.07, 6.45) is 5.98. The van der Waals surface area contributed by atoms with E-state index < -0.39 is 0 Å². The zero-order chi connectivity index (χ0) is 9.19. The highest BCUT2D eigenvalue weighted by Crippen LogP contribution is 2.40. The zero-order valence-corrected chi connectivity index (χ0v) is 8.10. The van der Waals surface area contributed by atoms with Crippen LogP contribution in [0.1, 0.15) is 46.0 Å². The highest BCUT2D eigenvalue weighted by Gasteiger charge is 2.31. The number of rotatable bonds is 3. The van der Waals surface area contributed by atoms with Crippen LogP contribution < -0.4 is 5.73 Å². The molecule has 0 unspecified atom stereocenters. The van der Waals surface area contributed by atoms with E-state index in [9.17, 15) is 4.79 Å². The van der Waals surface area contributed by atoms with Crippen molar-refractivity contribution in [2.75, 3.05) is 0 Å². The Balaban J connectivity index is 2.43. The second-order valence-electron chi connectivity index (χ2n) is 4.44. The normalized spacial score (nSPS) is 23.9. The van der Waals surface area contributed by atoms with E-state index in [1.54, 1.807) is 6.92 Å². The molecule has 0 aromatic carbocycles. The van der Waals surface area contributed by atoms with Crippen molar-refractivity contribution < 1.29 is 4.79 Å². The minimum atomic E-state index is -0.229. The molecule has 2 heteroatoms. The van der Waals surface area contributed by atoms with E-state index in [-0.39, 0.29) is 11.8 Å². The van der Waals surface area contributed by atoms with Crippen molar-refractivity contribution in [3.63, 3.8) is 0 Å². The number of carbonyl (C=O) groups is 1. The summed E-state index contributed by atoms with van der Waals surface area (Å²) in [5.41, 5.74) is 6.08. The van der Waals surface area contributed by atoms with Crippen LogP contribution in [0.25, 0.3) is 0 Å². The summed E-state index contributed by atoms with van der Waals surface area (Å²) in [7, 11) is 0. The number of ketones is 1. The lowest BCUT2D eigenvalue weighted by Crippen LogP contribution is -2.33. The molecule has 2 nitrogen and oxygen atoms in total. The number of carbonyl (C=O) groups excluding carboxylic acids is 1. The van der Waals surface area contributed by atoms with E-state index in [2.05, 4.69) is 6.92 Å². The SMILES string of the molecule is CC(=O)[C@@H](N)CC1(C)CCCC1. The molecule has 70 valence electrons. The van der Waals surface area contributed by atoms with Gasteiger partial charge in [-0.2, -0.15) is 0 Å². The van der Waals surface area contributed by atoms with E-state index >= 15 is 0 Å². The van der Waals surface area contributed by atoms with Gasteiger partial charge in [-0.15, -0.1) is 0 Å². The fourth-order valence-corrected chi connectivity index (χ4v) is 2.11. The first kappa shape index (κ1) is 9.72. The molecule has 0 aromatic rings. The average molecular weight is 169 g/mol. The molecule has 0 bridgehead atoms. The van der Waals surface area contributed by atoms with Crippen molar-refractivity contribution in [1.82, 2.24) is 0 Å². The van der Waals surface area contributed by atoms with Crippen LogP contribution in [0.5, 0.6) is 0 Å². The van der Waals surface area contributed by atoms with Crippen molar-refractivity contribution in [3.05, 3.63) is 0 Å². The summed E-state index contributed by atoms with van der Waals surface area (Å²) in [5, 5.41) is 0. The first-order valence-electron chi connectivity index (χ1n) is 4.80. The lowest BCUT2D eigenvalue weighted by Gasteiger charge is -2.25. The van der Waals surface area contributed by atoms with Gasteiger partial charge in [-0.05, 0) is 31.6 Å². The molecule has 1 atom stereocenters.